The molecule has 0 aliphatic heterocycles. The fourth-order valence-electron chi connectivity index (χ4n) is 3.29. The Balaban J connectivity index is 1.51. The van der Waals surface area contributed by atoms with Crippen LogP contribution in [0.15, 0.2) is 63.7 Å². The second-order valence-electron chi connectivity index (χ2n) is 7.30. The van der Waals surface area contributed by atoms with Crippen molar-refractivity contribution in [2.24, 2.45) is 0 Å². The van der Waals surface area contributed by atoms with E-state index in [9.17, 15) is 9.59 Å². The molecule has 0 radical (unpaired) electrons. The van der Waals surface area contributed by atoms with E-state index < -0.39 is 5.97 Å². The number of aromatic nitrogens is 3. The Kier molecular flexibility index (Phi) is 6.95. The molecule has 10 heteroatoms. The number of hydrogen-bond donors (Lipinski definition) is 1. The van der Waals surface area contributed by atoms with Crippen LogP contribution in [0.25, 0.3) is 22.7 Å². The van der Waals surface area contributed by atoms with E-state index in [2.05, 4.69) is 15.5 Å². The molecule has 0 fully saturated rings. The zero-order valence-corrected chi connectivity index (χ0v) is 19.9. The second-order valence-corrected chi connectivity index (χ2v) is 9.12. The van der Waals surface area contributed by atoms with E-state index in [4.69, 9.17) is 9.15 Å². The number of anilines is 1. The minimum absolute atomic E-state index is 0.0716. The quantitative estimate of drug-likeness (QED) is 0.266. The Morgan fingerprint density at radius 2 is 1.97 bits per heavy atom. The van der Waals surface area contributed by atoms with Gasteiger partial charge >= 0.3 is 5.97 Å². The largest absolute Gasteiger partial charge is 0.465 e. The van der Waals surface area contributed by atoms with Gasteiger partial charge in [0.05, 0.1) is 19.1 Å². The summed E-state index contributed by atoms with van der Waals surface area (Å²) in [5, 5.41) is 14.2. The van der Waals surface area contributed by atoms with Gasteiger partial charge in [-0.25, -0.2) is 4.79 Å². The van der Waals surface area contributed by atoms with Crippen LogP contribution in [0.4, 0.5) is 5.00 Å². The van der Waals surface area contributed by atoms with Crippen LogP contribution in [-0.2, 0) is 9.53 Å². The minimum atomic E-state index is -0.499. The average molecular weight is 483 g/mol. The molecule has 0 unspecified atom stereocenters. The zero-order chi connectivity index (χ0) is 23.4. The topological polar surface area (TPSA) is 99.2 Å². The molecule has 1 aromatic carbocycles. The predicted octanol–water partition coefficient (Wildman–Crippen LogP) is 5.36. The van der Waals surface area contributed by atoms with Crippen molar-refractivity contribution in [1.29, 1.82) is 0 Å². The average Bonchev–Trinajstić information content (AvgIpc) is 3.57. The summed E-state index contributed by atoms with van der Waals surface area (Å²) in [6, 6.07) is 13.2. The van der Waals surface area contributed by atoms with Crippen LogP contribution in [0, 0.1) is 0 Å². The summed E-state index contributed by atoms with van der Waals surface area (Å²) in [5.41, 5.74) is 1.94. The van der Waals surface area contributed by atoms with Gasteiger partial charge in [0.2, 0.25) is 11.7 Å². The number of esters is 1. The number of rotatable bonds is 8. The third-order valence-corrected chi connectivity index (χ3v) is 6.61. The van der Waals surface area contributed by atoms with Crippen molar-refractivity contribution in [3.8, 4) is 22.7 Å². The van der Waals surface area contributed by atoms with Crippen LogP contribution in [-0.4, -0.2) is 39.5 Å². The molecule has 1 N–H and O–H groups in total. The first-order valence-corrected chi connectivity index (χ1v) is 12.0. The number of methoxy groups -OCH3 is 1. The molecular formula is C23H22N4O4S2. The number of nitrogens with one attached hydrogen (secondary N) is 1. The maximum atomic E-state index is 12.8. The van der Waals surface area contributed by atoms with Gasteiger partial charge in [-0.1, -0.05) is 42.1 Å². The molecule has 0 saturated heterocycles. The lowest BCUT2D eigenvalue weighted by molar-refractivity contribution is -0.113. The van der Waals surface area contributed by atoms with Gasteiger partial charge in [0.1, 0.15) is 10.6 Å². The smallest absolute Gasteiger partial charge is 0.341 e. The lowest BCUT2D eigenvalue weighted by atomic mass is 10.0. The summed E-state index contributed by atoms with van der Waals surface area (Å²) >= 11 is 2.56. The van der Waals surface area contributed by atoms with Crippen LogP contribution >= 0.6 is 23.1 Å². The number of thiophene rings is 1. The summed E-state index contributed by atoms with van der Waals surface area (Å²) in [5.74, 6) is 0.561. The Bertz CT molecular complexity index is 1250. The number of nitrogens with zero attached hydrogens (tertiary/aromatic N) is 3. The Morgan fingerprint density at radius 1 is 1.18 bits per heavy atom. The number of hydrogen-bond acceptors (Lipinski definition) is 8. The standard InChI is InChI=1S/C23H22N4O4S2/c1-14(2)27-20(17-10-7-11-31-17)25-26-23(27)33-13-18(28)24-21-19(22(29)30-3)16(12-32-21)15-8-5-4-6-9-15/h4-12,14H,13H2,1-3H3,(H,24,28). The van der Waals surface area contributed by atoms with E-state index in [1.165, 1.54) is 30.2 Å². The Morgan fingerprint density at radius 3 is 2.64 bits per heavy atom. The summed E-state index contributed by atoms with van der Waals surface area (Å²) < 4.78 is 12.4. The van der Waals surface area contributed by atoms with Gasteiger partial charge in [0.25, 0.3) is 0 Å². The van der Waals surface area contributed by atoms with Crippen LogP contribution < -0.4 is 5.32 Å². The molecule has 1 amide bonds. The van der Waals surface area contributed by atoms with Gasteiger partial charge in [-0.2, -0.15) is 0 Å². The van der Waals surface area contributed by atoms with Gasteiger partial charge in [-0.15, -0.1) is 21.5 Å². The normalized spacial score (nSPS) is 11.0. The molecule has 4 aromatic rings. The van der Waals surface area contributed by atoms with E-state index in [1.807, 2.05) is 60.2 Å². The third kappa shape index (κ3) is 4.86. The summed E-state index contributed by atoms with van der Waals surface area (Å²) in [4.78, 5) is 25.2. The monoisotopic (exact) mass is 482 g/mol. The highest BCUT2D eigenvalue weighted by Gasteiger charge is 2.23. The molecule has 0 aliphatic rings. The van der Waals surface area contributed by atoms with Crippen LogP contribution in [0.5, 0.6) is 0 Å². The maximum absolute atomic E-state index is 12.8. The number of ether oxygens (including phenoxy) is 1. The third-order valence-electron chi connectivity index (χ3n) is 4.77. The molecule has 0 aliphatic carbocycles. The van der Waals surface area contributed by atoms with Crippen molar-refractivity contribution >= 4 is 40.0 Å². The summed E-state index contributed by atoms with van der Waals surface area (Å²) in [7, 11) is 1.32. The molecule has 33 heavy (non-hydrogen) atoms. The summed E-state index contributed by atoms with van der Waals surface area (Å²) in [6.45, 7) is 4.03. The number of carbonyl (C=O) groups is 2. The van der Waals surface area contributed by atoms with Crippen molar-refractivity contribution in [1.82, 2.24) is 14.8 Å². The van der Waals surface area contributed by atoms with E-state index in [1.54, 1.807) is 12.3 Å². The Labute approximate surface area is 199 Å². The number of thioether (sulfide) groups is 1. The number of benzene rings is 1. The van der Waals surface area contributed by atoms with E-state index in [-0.39, 0.29) is 17.7 Å². The predicted molar refractivity (Wildman–Crippen MR) is 129 cm³/mol. The number of amides is 1. The minimum Gasteiger partial charge on any atom is -0.465 e. The van der Waals surface area contributed by atoms with Crippen LogP contribution in [0.3, 0.4) is 0 Å². The molecule has 0 bridgehead atoms. The lowest BCUT2D eigenvalue weighted by Gasteiger charge is -2.12. The summed E-state index contributed by atoms with van der Waals surface area (Å²) in [6.07, 6.45) is 1.58. The molecule has 0 spiro atoms. The fourth-order valence-corrected chi connectivity index (χ4v) is 5.13. The fraction of sp³-hybridized carbons (Fsp3) is 0.217. The Hall–Kier alpha value is -3.37. The van der Waals surface area contributed by atoms with Gasteiger partial charge in [0.15, 0.2) is 10.9 Å². The maximum Gasteiger partial charge on any atom is 0.341 e. The van der Waals surface area contributed by atoms with E-state index >= 15 is 0 Å². The van der Waals surface area contributed by atoms with Gasteiger partial charge in [-0.3, -0.25) is 9.36 Å². The molecule has 0 atom stereocenters. The highest BCUT2D eigenvalue weighted by molar-refractivity contribution is 7.99. The van der Waals surface area contributed by atoms with Crippen molar-refractivity contribution in [3.63, 3.8) is 0 Å². The lowest BCUT2D eigenvalue weighted by Crippen LogP contribution is -2.16. The van der Waals surface area contributed by atoms with Crippen molar-refractivity contribution in [2.75, 3.05) is 18.2 Å². The van der Waals surface area contributed by atoms with Crippen molar-refractivity contribution < 1.29 is 18.7 Å². The van der Waals surface area contributed by atoms with Crippen LogP contribution in [0.1, 0.15) is 30.2 Å². The highest BCUT2D eigenvalue weighted by Crippen LogP contribution is 2.36. The second kappa shape index (κ2) is 10.1. The van der Waals surface area contributed by atoms with Gasteiger partial charge in [0, 0.05) is 17.0 Å². The van der Waals surface area contributed by atoms with Gasteiger partial charge < -0.3 is 14.5 Å². The van der Waals surface area contributed by atoms with Crippen molar-refractivity contribution in [2.45, 2.75) is 25.0 Å². The molecule has 0 saturated carbocycles. The van der Waals surface area contributed by atoms with E-state index in [0.717, 1.165) is 11.1 Å². The SMILES string of the molecule is COC(=O)c1c(-c2ccccc2)csc1NC(=O)CSc1nnc(-c2ccco2)n1C(C)C. The molecular weight excluding hydrogens is 460 g/mol. The van der Waals surface area contributed by atoms with E-state index in [0.29, 0.717) is 27.3 Å². The van der Waals surface area contributed by atoms with Crippen LogP contribution in [0.2, 0.25) is 0 Å². The first-order chi connectivity index (χ1) is 16.0. The molecule has 8 nitrogen and oxygen atoms in total. The molecule has 170 valence electrons. The number of furan rings is 1. The zero-order valence-electron chi connectivity index (χ0n) is 18.3. The number of carbonyl (C=O) groups excluding carboxylic acids is 2. The molecule has 4 rings (SSSR count). The molecule has 3 aromatic heterocycles. The first kappa shape index (κ1) is 22.8. The van der Waals surface area contributed by atoms with Crippen molar-refractivity contribution in [3.05, 3.63) is 59.7 Å². The van der Waals surface area contributed by atoms with Gasteiger partial charge in [-0.05, 0) is 31.5 Å². The first-order valence-electron chi connectivity index (χ1n) is 10.2. The highest BCUT2D eigenvalue weighted by atomic mass is 32.2. The molecule has 3 heterocycles.